The highest BCUT2D eigenvalue weighted by molar-refractivity contribution is 5.98. The number of likely N-dealkylation sites (tertiary alicyclic amines) is 1. The number of furan rings is 1. The van der Waals surface area contributed by atoms with Gasteiger partial charge in [0, 0.05) is 18.4 Å². The number of hydrogen-bond acceptors (Lipinski definition) is 4. The van der Waals surface area contributed by atoms with Gasteiger partial charge in [-0.15, -0.1) is 0 Å². The molecule has 1 aromatic heterocycles. The van der Waals surface area contributed by atoms with E-state index in [9.17, 15) is 14.4 Å². The minimum absolute atomic E-state index is 0.0497. The molecule has 2 heterocycles. The third kappa shape index (κ3) is 2.67. The first kappa shape index (κ1) is 13.3. The molecule has 1 saturated heterocycles. The maximum Gasteiger partial charge on any atom is 0.372 e. The van der Waals surface area contributed by atoms with Gasteiger partial charge < -0.3 is 9.52 Å². The number of carbonyl (C=O) groups excluding carboxylic acids is 2. The van der Waals surface area contributed by atoms with Crippen LogP contribution < -0.4 is 0 Å². The maximum atomic E-state index is 12.0. The van der Waals surface area contributed by atoms with Crippen LogP contribution >= 0.6 is 0 Å². The molecular weight excluding hydrogens is 250 g/mol. The van der Waals surface area contributed by atoms with Crippen LogP contribution in [0.15, 0.2) is 16.7 Å². The van der Waals surface area contributed by atoms with E-state index < -0.39 is 5.97 Å². The Labute approximate surface area is 110 Å². The van der Waals surface area contributed by atoms with Gasteiger partial charge >= 0.3 is 5.97 Å². The molecule has 1 aromatic rings. The summed E-state index contributed by atoms with van der Waals surface area (Å²) in [6.45, 7) is 3.67. The SMILES string of the molecule is CC1(C)CC(=O)N(Cc2ccoc2C(=O)O)C(=O)C1. The van der Waals surface area contributed by atoms with Gasteiger partial charge in [-0.25, -0.2) is 4.79 Å². The standard InChI is InChI=1S/C13H15NO5/c1-13(2)5-9(15)14(10(16)6-13)7-8-3-4-19-11(8)12(17)18/h3-4H,5-7H2,1-2H3,(H,17,18). The van der Waals surface area contributed by atoms with E-state index in [0.29, 0.717) is 5.56 Å². The van der Waals surface area contributed by atoms with Crippen LogP contribution in [0.3, 0.4) is 0 Å². The van der Waals surface area contributed by atoms with Crippen LogP contribution in [-0.2, 0) is 16.1 Å². The van der Waals surface area contributed by atoms with E-state index in [-0.39, 0.29) is 42.4 Å². The largest absolute Gasteiger partial charge is 0.475 e. The Morgan fingerprint density at radius 2 is 1.95 bits per heavy atom. The zero-order valence-electron chi connectivity index (χ0n) is 10.8. The summed E-state index contributed by atoms with van der Waals surface area (Å²) < 4.78 is 4.83. The van der Waals surface area contributed by atoms with E-state index >= 15 is 0 Å². The highest BCUT2D eigenvalue weighted by Crippen LogP contribution is 2.32. The van der Waals surface area contributed by atoms with Crippen LogP contribution in [0.1, 0.15) is 42.8 Å². The fourth-order valence-corrected chi connectivity index (χ4v) is 2.21. The van der Waals surface area contributed by atoms with Crippen molar-refractivity contribution in [1.29, 1.82) is 0 Å². The van der Waals surface area contributed by atoms with Crippen LogP contribution in [0, 0.1) is 5.41 Å². The Hall–Kier alpha value is -2.11. The summed E-state index contributed by atoms with van der Waals surface area (Å²) >= 11 is 0. The molecule has 0 spiro atoms. The van der Waals surface area contributed by atoms with Crippen molar-refractivity contribution < 1.29 is 23.9 Å². The van der Waals surface area contributed by atoms with Gasteiger partial charge in [0.1, 0.15) is 0 Å². The Balaban J connectivity index is 2.19. The molecule has 0 saturated carbocycles. The van der Waals surface area contributed by atoms with Gasteiger partial charge in [-0.1, -0.05) is 13.8 Å². The van der Waals surface area contributed by atoms with Gasteiger partial charge in [0.05, 0.1) is 12.8 Å². The number of piperidine rings is 1. The number of imide groups is 1. The predicted octanol–water partition coefficient (Wildman–Crippen LogP) is 1.65. The quantitative estimate of drug-likeness (QED) is 0.839. The average Bonchev–Trinajstić information content (AvgIpc) is 2.70. The number of rotatable bonds is 3. The van der Waals surface area contributed by atoms with Gasteiger partial charge in [0.25, 0.3) is 0 Å². The summed E-state index contributed by atoms with van der Waals surface area (Å²) in [4.78, 5) is 35.9. The second kappa shape index (κ2) is 4.53. The first-order valence-electron chi connectivity index (χ1n) is 5.93. The van der Waals surface area contributed by atoms with E-state index in [2.05, 4.69) is 0 Å². The Morgan fingerprint density at radius 3 is 2.47 bits per heavy atom. The van der Waals surface area contributed by atoms with E-state index in [4.69, 9.17) is 9.52 Å². The van der Waals surface area contributed by atoms with E-state index in [1.165, 1.54) is 12.3 Å². The van der Waals surface area contributed by atoms with Crippen molar-refractivity contribution in [2.75, 3.05) is 0 Å². The molecule has 1 N–H and O–H groups in total. The number of carbonyl (C=O) groups is 3. The lowest BCUT2D eigenvalue weighted by molar-refractivity contribution is -0.153. The second-order valence-electron chi connectivity index (χ2n) is 5.47. The zero-order chi connectivity index (χ0) is 14.2. The monoisotopic (exact) mass is 265 g/mol. The number of nitrogens with zero attached hydrogens (tertiary/aromatic N) is 1. The molecule has 0 aliphatic carbocycles. The molecule has 2 amide bonds. The van der Waals surface area contributed by atoms with Crippen LogP contribution in [0.25, 0.3) is 0 Å². The molecule has 0 atom stereocenters. The Morgan fingerprint density at radius 1 is 1.37 bits per heavy atom. The van der Waals surface area contributed by atoms with Gasteiger partial charge in [0.15, 0.2) is 0 Å². The second-order valence-corrected chi connectivity index (χ2v) is 5.47. The van der Waals surface area contributed by atoms with Crippen molar-refractivity contribution in [1.82, 2.24) is 4.90 Å². The molecule has 0 unspecified atom stereocenters. The van der Waals surface area contributed by atoms with Gasteiger partial charge in [-0.05, 0) is 11.5 Å². The molecule has 6 nitrogen and oxygen atoms in total. The molecule has 1 aliphatic heterocycles. The summed E-state index contributed by atoms with van der Waals surface area (Å²) in [5.74, 6) is -2.00. The highest BCUT2D eigenvalue weighted by atomic mass is 16.4. The van der Waals surface area contributed by atoms with Crippen LogP contribution in [0.2, 0.25) is 0 Å². The van der Waals surface area contributed by atoms with E-state index in [1.807, 2.05) is 13.8 Å². The van der Waals surface area contributed by atoms with Crippen LogP contribution in [0.4, 0.5) is 0 Å². The maximum absolute atomic E-state index is 12.0. The summed E-state index contributed by atoms with van der Waals surface area (Å²) in [7, 11) is 0. The third-order valence-corrected chi connectivity index (χ3v) is 3.13. The Kier molecular flexibility index (Phi) is 3.18. The number of amides is 2. The summed E-state index contributed by atoms with van der Waals surface area (Å²) in [6.07, 6.45) is 1.79. The topological polar surface area (TPSA) is 87.8 Å². The normalized spacial score (nSPS) is 18.7. The minimum atomic E-state index is -1.21. The smallest absolute Gasteiger partial charge is 0.372 e. The molecule has 19 heavy (non-hydrogen) atoms. The molecule has 1 fully saturated rings. The first-order valence-corrected chi connectivity index (χ1v) is 5.93. The number of hydrogen-bond donors (Lipinski definition) is 1. The highest BCUT2D eigenvalue weighted by Gasteiger charge is 2.37. The van der Waals surface area contributed by atoms with Gasteiger partial charge in [-0.2, -0.15) is 0 Å². The van der Waals surface area contributed by atoms with Gasteiger partial charge in [-0.3, -0.25) is 14.5 Å². The fraction of sp³-hybridized carbons (Fsp3) is 0.462. The van der Waals surface area contributed by atoms with Crippen molar-refractivity contribution in [2.24, 2.45) is 5.41 Å². The van der Waals surface area contributed by atoms with Crippen molar-refractivity contribution in [3.63, 3.8) is 0 Å². The molecule has 102 valence electrons. The van der Waals surface area contributed by atoms with E-state index in [1.54, 1.807) is 0 Å². The lowest BCUT2D eigenvalue weighted by Gasteiger charge is -2.34. The summed E-state index contributed by atoms with van der Waals surface area (Å²) in [6, 6.07) is 1.46. The summed E-state index contributed by atoms with van der Waals surface area (Å²) in [5, 5.41) is 8.92. The molecule has 1 aliphatic rings. The average molecular weight is 265 g/mol. The minimum Gasteiger partial charge on any atom is -0.475 e. The predicted molar refractivity (Wildman–Crippen MR) is 64.2 cm³/mol. The van der Waals surface area contributed by atoms with Crippen molar-refractivity contribution in [3.8, 4) is 0 Å². The first-order chi connectivity index (χ1) is 8.80. The lowest BCUT2D eigenvalue weighted by atomic mass is 9.81. The fourth-order valence-electron chi connectivity index (χ4n) is 2.21. The van der Waals surface area contributed by atoms with Crippen molar-refractivity contribution >= 4 is 17.8 Å². The molecule has 0 bridgehead atoms. The molecule has 2 rings (SSSR count). The molecule has 6 heteroatoms. The lowest BCUT2D eigenvalue weighted by Crippen LogP contribution is -2.45. The number of carboxylic acids is 1. The molecule has 0 aromatic carbocycles. The van der Waals surface area contributed by atoms with Gasteiger partial charge in [0.2, 0.25) is 17.6 Å². The third-order valence-electron chi connectivity index (χ3n) is 3.13. The molecular formula is C13H15NO5. The summed E-state index contributed by atoms with van der Waals surface area (Å²) in [5.41, 5.74) is -0.00893. The van der Waals surface area contributed by atoms with Crippen molar-refractivity contribution in [3.05, 3.63) is 23.7 Å². The van der Waals surface area contributed by atoms with Crippen molar-refractivity contribution in [2.45, 2.75) is 33.2 Å². The Bertz CT molecular complexity index is 523. The van der Waals surface area contributed by atoms with Crippen LogP contribution in [-0.4, -0.2) is 27.8 Å². The number of aromatic carboxylic acids is 1. The molecule has 0 radical (unpaired) electrons. The zero-order valence-corrected chi connectivity index (χ0v) is 10.8. The van der Waals surface area contributed by atoms with Crippen LogP contribution in [0.5, 0.6) is 0 Å². The van der Waals surface area contributed by atoms with E-state index in [0.717, 1.165) is 4.90 Å². The number of carboxylic acid groups (broad SMARTS) is 1.